The fraction of sp³-hybridized carbons (Fsp3) is 0.190. The first-order chi connectivity index (χ1) is 11.5. The number of hydrogen-bond donors (Lipinski definition) is 0. The predicted molar refractivity (Wildman–Crippen MR) is 96.5 cm³/mol. The van der Waals surface area contributed by atoms with Crippen LogP contribution in [0, 0.1) is 0 Å². The van der Waals surface area contributed by atoms with E-state index >= 15 is 0 Å². The summed E-state index contributed by atoms with van der Waals surface area (Å²) < 4.78 is 11.4. The molecule has 0 amide bonds. The molecule has 1 aliphatic heterocycles. The van der Waals surface area contributed by atoms with Gasteiger partial charge in [-0.05, 0) is 49.8 Å². The van der Waals surface area contributed by atoms with Crippen LogP contribution in [-0.4, -0.2) is 18.5 Å². The third kappa shape index (κ3) is 3.25. The Labute approximate surface area is 142 Å². The van der Waals surface area contributed by atoms with Crippen molar-refractivity contribution in [3.05, 3.63) is 71.3 Å². The molecule has 1 heterocycles. The lowest BCUT2D eigenvalue weighted by Crippen LogP contribution is -2.28. The summed E-state index contributed by atoms with van der Waals surface area (Å²) in [5.41, 5.74) is 1.86. The monoisotopic (exact) mass is 320 g/mol. The molecule has 0 aromatic heterocycles. The van der Waals surface area contributed by atoms with Gasteiger partial charge in [-0.15, -0.1) is 0 Å². The molecule has 0 aliphatic carbocycles. The fourth-order valence-electron chi connectivity index (χ4n) is 2.63. The maximum Gasteiger partial charge on any atom is 0.189 e. The largest absolute Gasteiger partial charge is 0.496 e. The SMILES string of the molecule is COc1ccc(C(=O)/C=C/c2ccccc2)c2c1C=CC(C)(C)O2. The molecule has 2 aromatic carbocycles. The Balaban J connectivity index is 1.98. The Morgan fingerprint density at radius 2 is 1.88 bits per heavy atom. The van der Waals surface area contributed by atoms with Crippen molar-refractivity contribution < 1.29 is 14.3 Å². The van der Waals surface area contributed by atoms with Crippen LogP contribution in [0.25, 0.3) is 12.2 Å². The molecule has 2 aromatic rings. The van der Waals surface area contributed by atoms with Crippen LogP contribution in [0.5, 0.6) is 11.5 Å². The van der Waals surface area contributed by atoms with Gasteiger partial charge in [-0.2, -0.15) is 0 Å². The highest BCUT2D eigenvalue weighted by molar-refractivity contribution is 6.09. The maximum atomic E-state index is 12.7. The molecule has 0 saturated heterocycles. The van der Waals surface area contributed by atoms with Gasteiger partial charge in [0, 0.05) is 0 Å². The van der Waals surface area contributed by atoms with Crippen LogP contribution in [0.2, 0.25) is 0 Å². The van der Waals surface area contributed by atoms with Crippen LogP contribution in [0.4, 0.5) is 0 Å². The van der Waals surface area contributed by atoms with Crippen molar-refractivity contribution in [2.75, 3.05) is 7.11 Å². The number of carbonyl (C=O) groups excluding carboxylic acids is 1. The average Bonchev–Trinajstić information content (AvgIpc) is 2.58. The summed E-state index contributed by atoms with van der Waals surface area (Å²) in [5.74, 6) is 1.17. The van der Waals surface area contributed by atoms with Crippen LogP contribution >= 0.6 is 0 Å². The van der Waals surface area contributed by atoms with Crippen LogP contribution < -0.4 is 9.47 Å². The first kappa shape index (κ1) is 16.1. The van der Waals surface area contributed by atoms with E-state index in [1.54, 1.807) is 25.3 Å². The second-order valence-corrected chi connectivity index (χ2v) is 6.21. The quantitative estimate of drug-likeness (QED) is 0.601. The zero-order valence-corrected chi connectivity index (χ0v) is 14.1. The molecule has 122 valence electrons. The summed E-state index contributed by atoms with van der Waals surface area (Å²) in [7, 11) is 1.61. The van der Waals surface area contributed by atoms with Crippen molar-refractivity contribution in [1.29, 1.82) is 0 Å². The van der Waals surface area contributed by atoms with Gasteiger partial charge in [0.05, 0.1) is 18.2 Å². The van der Waals surface area contributed by atoms with E-state index in [9.17, 15) is 4.79 Å². The lowest BCUT2D eigenvalue weighted by Gasteiger charge is -2.29. The lowest BCUT2D eigenvalue weighted by molar-refractivity contribution is 0.103. The number of benzene rings is 2. The standard InChI is InChI=1S/C21H20O3/c1-21(2)14-13-17-19(23-3)12-10-16(20(17)24-21)18(22)11-9-15-7-5-4-6-8-15/h4-14H,1-3H3/b11-9+. The molecule has 3 heteroatoms. The number of methoxy groups -OCH3 is 1. The first-order valence-corrected chi connectivity index (χ1v) is 7.87. The molecule has 0 unspecified atom stereocenters. The predicted octanol–water partition coefficient (Wildman–Crippen LogP) is 4.78. The van der Waals surface area contributed by atoms with Crippen LogP contribution in [0.1, 0.15) is 35.3 Å². The number of ketones is 1. The Bertz CT molecular complexity index is 814. The molecule has 3 nitrogen and oxygen atoms in total. The highest BCUT2D eigenvalue weighted by atomic mass is 16.5. The molecule has 0 bridgehead atoms. The second kappa shape index (κ2) is 6.36. The van der Waals surface area contributed by atoms with Gasteiger partial charge in [-0.1, -0.05) is 36.4 Å². The van der Waals surface area contributed by atoms with E-state index in [0.717, 1.165) is 11.1 Å². The Morgan fingerprint density at radius 1 is 1.12 bits per heavy atom. The van der Waals surface area contributed by atoms with Gasteiger partial charge in [-0.3, -0.25) is 4.79 Å². The number of carbonyl (C=O) groups is 1. The molecular formula is C21H20O3. The highest BCUT2D eigenvalue weighted by Gasteiger charge is 2.27. The van der Waals surface area contributed by atoms with E-state index in [0.29, 0.717) is 17.1 Å². The number of allylic oxidation sites excluding steroid dienone is 1. The van der Waals surface area contributed by atoms with Crippen molar-refractivity contribution in [1.82, 2.24) is 0 Å². The second-order valence-electron chi connectivity index (χ2n) is 6.21. The Hall–Kier alpha value is -2.81. The van der Waals surface area contributed by atoms with Crippen LogP contribution in [0.15, 0.2) is 54.6 Å². The topological polar surface area (TPSA) is 35.5 Å². The number of rotatable bonds is 4. The normalized spacial score (nSPS) is 15.0. The first-order valence-electron chi connectivity index (χ1n) is 7.87. The van der Waals surface area contributed by atoms with Crippen LogP contribution in [0.3, 0.4) is 0 Å². The lowest BCUT2D eigenvalue weighted by atomic mass is 9.97. The highest BCUT2D eigenvalue weighted by Crippen LogP contribution is 2.39. The van der Waals surface area contributed by atoms with Crippen molar-refractivity contribution in [2.45, 2.75) is 19.4 Å². The average molecular weight is 320 g/mol. The number of hydrogen-bond acceptors (Lipinski definition) is 3. The molecule has 0 spiro atoms. The summed E-state index contributed by atoms with van der Waals surface area (Å²) in [5, 5.41) is 0. The van der Waals surface area contributed by atoms with E-state index in [1.807, 2.05) is 62.4 Å². The molecule has 1 aliphatic rings. The van der Waals surface area contributed by atoms with Crippen LogP contribution in [-0.2, 0) is 0 Å². The van der Waals surface area contributed by atoms with Gasteiger partial charge in [0.1, 0.15) is 17.1 Å². The number of fused-ring (bicyclic) bond motifs is 1. The van der Waals surface area contributed by atoms with Crippen molar-refractivity contribution >= 4 is 17.9 Å². The molecule has 0 radical (unpaired) electrons. The zero-order valence-electron chi connectivity index (χ0n) is 14.1. The van der Waals surface area contributed by atoms with Crippen molar-refractivity contribution in [2.24, 2.45) is 0 Å². The summed E-state index contributed by atoms with van der Waals surface area (Å²) >= 11 is 0. The summed E-state index contributed by atoms with van der Waals surface area (Å²) in [6.45, 7) is 3.92. The summed E-state index contributed by atoms with van der Waals surface area (Å²) in [6.07, 6.45) is 7.30. The molecule has 3 rings (SSSR count). The fourth-order valence-corrected chi connectivity index (χ4v) is 2.63. The molecular weight excluding hydrogens is 300 g/mol. The molecule has 0 fully saturated rings. The minimum Gasteiger partial charge on any atom is -0.496 e. The van der Waals surface area contributed by atoms with Gasteiger partial charge < -0.3 is 9.47 Å². The van der Waals surface area contributed by atoms with E-state index < -0.39 is 5.60 Å². The van der Waals surface area contributed by atoms with Crippen molar-refractivity contribution in [3.63, 3.8) is 0 Å². The van der Waals surface area contributed by atoms with Gasteiger partial charge >= 0.3 is 0 Å². The molecule has 0 saturated carbocycles. The third-order valence-corrected chi connectivity index (χ3v) is 3.88. The van der Waals surface area contributed by atoms with Gasteiger partial charge in [0.15, 0.2) is 5.78 Å². The summed E-state index contributed by atoms with van der Waals surface area (Å²) in [6, 6.07) is 13.3. The molecule has 0 atom stereocenters. The zero-order chi connectivity index (χ0) is 17.2. The summed E-state index contributed by atoms with van der Waals surface area (Å²) in [4.78, 5) is 12.7. The number of ether oxygens (including phenoxy) is 2. The van der Waals surface area contributed by atoms with E-state index in [-0.39, 0.29) is 5.78 Å². The van der Waals surface area contributed by atoms with Gasteiger partial charge in [-0.25, -0.2) is 0 Å². The molecule has 0 N–H and O–H groups in total. The van der Waals surface area contributed by atoms with Gasteiger partial charge in [0.2, 0.25) is 0 Å². The molecule has 24 heavy (non-hydrogen) atoms. The Morgan fingerprint density at radius 3 is 2.58 bits per heavy atom. The van der Waals surface area contributed by atoms with Crippen molar-refractivity contribution in [3.8, 4) is 11.5 Å². The smallest absolute Gasteiger partial charge is 0.189 e. The van der Waals surface area contributed by atoms with Gasteiger partial charge in [0.25, 0.3) is 0 Å². The maximum absolute atomic E-state index is 12.7. The minimum atomic E-state index is -0.461. The van der Waals surface area contributed by atoms with E-state index in [1.165, 1.54) is 0 Å². The Kier molecular flexibility index (Phi) is 4.26. The van der Waals surface area contributed by atoms with E-state index in [2.05, 4.69) is 0 Å². The minimum absolute atomic E-state index is 0.0937. The third-order valence-electron chi connectivity index (χ3n) is 3.88. The van der Waals surface area contributed by atoms with E-state index in [4.69, 9.17) is 9.47 Å².